The van der Waals surface area contributed by atoms with E-state index in [0.717, 1.165) is 6.42 Å². The zero-order valence-electron chi connectivity index (χ0n) is 17.1. The second-order valence-electron chi connectivity index (χ2n) is 7.46. The standard InChI is InChI=1S/C21H28N2O6/c1-4-5-19(24)22-13-6-9-17-15(10-13)21(26)23(2)16-8-7-14(11-20(25)27-3)29-18(16)12-28-17/h6,9-10,14,16,18H,4-5,7-8,11-12H2,1-3H3,(H,22,24)/t14-,16+,18-/m0/s1. The fourth-order valence-corrected chi connectivity index (χ4v) is 3.83. The third kappa shape index (κ3) is 4.87. The van der Waals surface area contributed by atoms with E-state index in [2.05, 4.69) is 5.32 Å². The van der Waals surface area contributed by atoms with Crippen LogP contribution in [0, 0.1) is 0 Å². The molecule has 0 radical (unpaired) electrons. The van der Waals surface area contributed by atoms with Crippen molar-refractivity contribution in [1.82, 2.24) is 4.90 Å². The van der Waals surface area contributed by atoms with Gasteiger partial charge in [-0.25, -0.2) is 0 Å². The molecule has 0 spiro atoms. The molecule has 0 bridgehead atoms. The summed E-state index contributed by atoms with van der Waals surface area (Å²) in [6.07, 6.45) is 2.16. The van der Waals surface area contributed by atoms with Crippen molar-refractivity contribution < 1.29 is 28.6 Å². The molecule has 1 fully saturated rings. The minimum atomic E-state index is -0.329. The largest absolute Gasteiger partial charge is 0.490 e. The molecular formula is C21H28N2O6. The number of rotatable bonds is 5. The predicted octanol–water partition coefficient (Wildman–Crippen LogP) is 2.37. The number of carbonyl (C=O) groups is 3. The monoisotopic (exact) mass is 404 g/mol. The van der Waals surface area contributed by atoms with Gasteiger partial charge in [-0.2, -0.15) is 0 Å². The van der Waals surface area contributed by atoms with E-state index in [1.165, 1.54) is 7.11 Å². The molecule has 8 nitrogen and oxygen atoms in total. The van der Waals surface area contributed by atoms with Crippen molar-refractivity contribution in [3.05, 3.63) is 23.8 Å². The van der Waals surface area contributed by atoms with E-state index in [9.17, 15) is 14.4 Å². The molecule has 3 rings (SSSR count). The summed E-state index contributed by atoms with van der Waals surface area (Å²) >= 11 is 0. The highest BCUT2D eigenvalue weighted by Gasteiger charge is 2.39. The number of carbonyl (C=O) groups excluding carboxylic acids is 3. The van der Waals surface area contributed by atoms with Crippen LogP contribution in [0.5, 0.6) is 5.75 Å². The van der Waals surface area contributed by atoms with E-state index in [0.29, 0.717) is 36.3 Å². The van der Waals surface area contributed by atoms with Gasteiger partial charge in [0.15, 0.2) is 0 Å². The molecule has 8 heteroatoms. The Morgan fingerprint density at radius 2 is 2.10 bits per heavy atom. The van der Waals surface area contributed by atoms with Gasteiger partial charge in [-0.3, -0.25) is 14.4 Å². The molecule has 158 valence electrons. The summed E-state index contributed by atoms with van der Waals surface area (Å²) in [6.45, 7) is 2.21. The van der Waals surface area contributed by atoms with Gasteiger partial charge in [-0.05, 0) is 37.5 Å². The van der Waals surface area contributed by atoms with E-state index in [1.807, 2.05) is 6.92 Å². The Morgan fingerprint density at radius 1 is 1.31 bits per heavy atom. The Labute approximate surface area is 170 Å². The summed E-state index contributed by atoms with van der Waals surface area (Å²) in [5.41, 5.74) is 0.986. The average Bonchev–Trinajstić information content (AvgIpc) is 2.71. The van der Waals surface area contributed by atoms with Gasteiger partial charge < -0.3 is 24.4 Å². The van der Waals surface area contributed by atoms with Crippen molar-refractivity contribution in [2.45, 2.75) is 57.3 Å². The number of esters is 1. The van der Waals surface area contributed by atoms with Gasteiger partial charge in [0.05, 0.1) is 31.2 Å². The molecular weight excluding hydrogens is 376 g/mol. The first-order valence-electron chi connectivity index (χ1n) is 9.99. The first kappa shape index (κ1) is 21.1. The maximum atomic E-state index is 13.1. The number of amides is 2. The second kappa shape index (κ2) is 9.26. The minimum Gasteiger partial charge on any atom is -0.490 e. The predicted molar refractivity (Wildman–Crippen MR) is 106 cm³/mol. The van der Waals surface area contributed by atoms with Crippen molar-refractivity contribution in [3.8, 4) is 5.75 Å². The highest BCUT2D eigenvalue weighted by atomic mass is 16.5. The van der Waals surface area contributed by atoms with E-state index in [1.54, 1.807) is 30.1 Å². The van der Waals surface area contributed by atoms with Gasteiger partial charge >= 0.3 is 5.97 Å². The molecule has 2 heterocycles. The molecule has 0 saturated carbocycles. The number of anilines is 1. The normalized spacial score (nSPS) is 23.8. The fraction of sp³-hybridized carbons (Fsp3) is 0.571. The van der Waals surface area contributed by atoms with Crippen molar-refractivity contribution in [2.75, 3.05) is 26.1 Å². The smallest absolute Gasteiger partial charge is 0.308 e. The Morgan fingerprint density at radius 3 is 2.83 bits per heavy atom. The molecule has 29 heavy (non-hydrogen) atoms. The number of likely N-dealkylation sites (N-methyl/N-ethyl adjacent to an activating group) is 1. The van der Waals surface area contributed by atoms with Gasteiger partial charge in [0.1, 0.15) is 18.5 Å². The lowest BCUT2D eigenvalue weighted by Crippen LogP contribution is -2.53. The van der Waals surface area contributed by atoms with Crippen LogP contribution in [-0.2, 0) is 19.1 Å². The van der Waals surface area contributed by atoms with E-state index >= 15 is 0 Å². The number of nitrogens with one attached hydrogen (secondary N) is 1. The summed E-state index contributed by atoms with van der Waals surface area (Å²) in [5.74, 6) is -0.131. The second-order valence-corrected chi connectivity index (χ2v) is 7.46. The number of hydrogen-bond donors (Lipinski definition) is 1. The Bertz CT molecular complexity index is 780. The number of fused-ring (bicyclic) bond motifs is 2. The maximum absolute atomic E-state index is 13.1. The molecule has 1 N–H and O–H groups in total. The van der Waals surface area contributed by atoms with Crippen LogP contribution >= 0.6 is 0 Å². The molecule has 3 atom stereocenters. The molecule has 2 amide bonds. The van der Waals surface area contributed by atoms with Crippen LogP contribution in [0.15, 0.2) is 18.2 Å². The van der Waals surface area contributed by atoms with E-state index in [-0.39, 0.29) is 49.1 Å². The van der Waals surface area contributed by atoms with Crippen molar-refractivity contribution in [2.24, 2.45) is 0 Å². The molecule has 1 aromatic rings. The molecule has 0 aliphatic carbocycles. The van der Waals surface area contributed by atoms with Gasteiger partial charge in [-0.15, -0.1) is 0 Å². The lowest BCUT2D eigenvalue weighted by Gasteiger charge is -2.42. The maximum Gasteiger partial charge on any atom is 0.308 e. The number of hydrogen-bond acceptors (Lipinski definition) is 6. The first-order valence-corrected chi connectivity index (χ1v) is 9.99. The Balaban J connectivity index is 1.77. The molecule has 2 aliphatic rings. The van der Waals surface area contributed by atoms with Crippen molar-refractivity contribution >= 4 is 23.5 Å². The van der Waals surface area contributed by atoms with Gasteiger partial charge in [0, 0.05) is 19.2 Å². The van der Waals surface area contributed by atoms with Crippen molar-refractivity contribution in [3.63, 3.8) is 0 Å². The molecule has 1 aromatic carbocycles. The van der Waals surface area contributed by atoms with Crippen LogP contribution in [0.4, 0.5) is 5.69 Å². The van der Waals surface area contributed by atoms with Crippen LogP contribution < -0.4 is 10.1 Å². The highest BCUT2D eigenvalue weighted by Crippen LogP contribution is 2.32. The van der Waals surface area contributed by atoms with Gasteiger partial charge in [-0.1, -0.05) is 6.92 Å². The van der Waals surface area contributed by atoms with Crippen LogP contribution in [0.2, 0.25) is 0 Å². The minimum absolute atomic E-state index is 0.0857. The Kier molecular flexibility index (Phi) is 6.74. The third-order valence-corrected chi connectivity index (χ3v) is 5.39. The highest BCUT2D eigenvalue weighted by molar-refractivity contribution is 5.99. The molecule has 0 unspecified atom stereocenters. The summed E-state index contributed by atoms with van der Waals surface area (Å²) in [5, 5.41) is 2.82. The lowest BCUT2D eigenvalue weighted by atomic mass is 9.94. The fourth-order valence-electron chi connectivity index (χ4n) is 3.83. The topological polar surface area (TPSA) is 94.2 Å². The average molecular weight is 404 g/mol. The molecule has 0 aromatic heterocycles. The summed E-state index contributed by atoms with van der Waals surface area (Å²) in [4.78, 5) is 38.2. The first-order chi connectivity index (χ1) is 13.9. The summed E-state index contributed by atoms with van der Waals surface area (Å²) in [7, 11) is 3.11. The zero-order valence-corrected chi connectivity index (χ0v) is 17.1. The number of benzene rings is 1. The van der Waals surface area contributed by atoms with E-state index in [4.69, 9.17) is 14.2 Å². The summed E-state index contributed by atoms with van der Waals surface area (Å²) in [6, 6.07) is 4.92. The lowest BCUT2D eigenvalue weighted by molar-refractivity contribution is -0.151. The third-order valence-electron chi connectivity index (χ3n) is 5.39. The number of ether oxygens (including phenoxy) is 3. The Hall–Kier alpha value is -2.61. The molecule has 1 saturated heterocycles. The van der Waals surface area contributed by atoms with Gasteiger partial charge in [0.25, 0.3) is 5.91 Å². The van der Waals surface area contributed by atoms with Crippen molar-refractivity contribution in [1.29, 1.82) is 0 Å². The van der Waals surface area contributed by atoms with Crippen LogP contribution in [0.25, 0.3) is 0 Å². The summed E-state index contributed by atoms with van der Waals surface area (Å²) < 4.78 is 16.7. The van der Waals surface area contributed by atoms with Gasteiger partial charge in [0.2, 0.25) is 5.91 Å². The van der Waals surface area contributed by atoms with Crippen LogP contribution in [-0.4, -0.2) is 61.7 Å². The zero-order chi connectivity index (χ0) is 21.0. The SMILES string of the molecule is CCCC(=O)Nc1ccc2c(c1)C(=O)N(C)[C@@H]1CC[C@@H](CC(=O)OC)O[C@H]1CO2. The van der Waals surface area contributed by atoms with Crippen LogP contribution in [0.3, 0.4) is 0 Å². The van der Waals surface area contributed by atoms with Crippen LogP contribution in [0.1, 0.15) is 49.4 Å². The molecule has 2 aliphatic heterocycles. The quantitative estimate of drug-likeness (QED) is 0.758. The number of nitrogens with zero attached hydrogens (tertiary/aromatic N) is 1. The van der Waals surface area contributed by atoms with E-state index < -0.39 is 0 Å². The number of methoxy groups -OCH3 is 1.